The highest BCUT2D eigenvalue weighted by Crippen LogP contribution is 2.12. The van der Waals surface area contributed by atoms with Crippen molar-refractivity contribution >= 4 is 5.91 Å². The molecule has 17 heavy (non-hydrogen) atoms. The van der Waals surface area contributed by atoms with Crippen molar-refractivity contribution in [2.75, 3.05) is 19.6 Å². The van der Waals surface area contributed by atoms with E-state index in [-0.39, 0.29) is 19.0 Å². The summed E-state index contributed by atoms with van der Waals surface area (Å²) in [6.07, 6.45) is -4.16. The second kappa shape index (κ2) is 7.12. The van der Waals surface area contributed by atoms with Crippen molar-refractivity contribution in [3.05, 3.63) is 0 Å². The molecule has 4 nitrogen and oxygen atoms in total. The van der Waals surface area contributed by atoms with Gasteiger partial charge in [0.15, 0.2) is 0 Å². The Morgan fingerprint density at radius 2 is 2.06 bits per heavy atom. The number of alkyl halides is 3. The molecule has 0 aliphatic carbocycles. The van der Waals surface area contributed by atoms with Crippen LogP contribution in [0.4, 0.5) is 13.2 Å². The summed E-state index contributed by atoms with van der Waals surface area (Å²) in [6, 6.07) is 1.93. The summed E-state index contributed by atoms with van der Waals surface area (Å²) in [5, 5.41) is 10.2. The normalized spacial score (nSPS) is 11.6. The second-order valence-corrected chi connectivity index (χ2v) is 3.86. The molecule has 0 bridgehead atoms. The molecule has 0 aliphatic rings. The van der Waals surface area contributed by atoms with E-state index in [0.29, 0.717) is 6.54 Å². The lowest BCUT2D eigenvalue weighted by atomic mass is 10.3. The zero-order valence-corrected chi connectivity index (χ0v) is 9.84. The third kappa shape index (κ3) is 8.51. The summed E-state index contributed by atoms with van der Waals surface area (Å²) in [7, 11) is 0. The molecule has 1 N–H and O–H groups in total. The standard InChI is InChI=1S/C10H16F3N3O/c1-8(2)16(5-3-4-14)6-9(17)15-7-10(11,12)13/h8H,3,5-7H2,1-2H3,(H,15,17). The molecule has 0 unspecified atom stereocenters. The fourth-order valence-corrected chi connectivity index (χ4v) is 1.15. The minimum atomic E-state index is -4.40. The van der Waals surface area contributed by atoms with Gasteiger partial charge in [-0.15, -0.1) is 0 Å². The Balaban J connectivity index is 4.09. The Bertz CT molecular complexity index is 284. The van der Waals surface area contributed by atoms with E-state index < -0.39 is 18.6 Å². The van der Waals surface area contributed by atoms with Crippen molar-refractivity contribution < 1.29 is 18.0 Å². The Labute approximate surface area is 98.4 Å². The first kappa shape index (κ1) is 15.7. The molecule has 7 heteroatoms. The number of carbonyl (C=O) groups excluding carboxylic acids is 1. The van der Waals surface area contributed by atoms with E-state index in [1.165, 1.54) is 0 Å². The lowest BCUT2D eigenvalue weighted by Crippen LogP contribution is -2.43. The van der Waals surface area contributed by atoms with Crippen LogP contribution >= 0.6 is 0 Å². The number of carbonyl (C=O) groups is 1. The minimum Gasteiger partial charge on any atom is -0.346 e. The van der Waals surface area contributed by atoms with Crippen LogP contribution in [0.5, 0.6) is 0 Å². The summed E-state index contributed by atoms with van der Waals surface area (Å²) in [4.78, 5) is 12.9. The average Bonchev–Trinajstić information content (AvgIpc) is 2.19. The van der Waals surface area contributed by atoms with E-state index in [4.69, 9.17) is 5.26 Å². The van der Waals surface area contributed by atoms with Crippen LogP contribution in [0.15, 0.2) is 0 Å². The number of nitrogens with one attached hydrogen (secondary N) is 1. The molecule has 0 saturated carbocycles. The predicted octanol–water partition coefficient (Wildman–Crippen LogP) is 1.29. The molecule has 0 saturated heterocycles. The van der Waals surface area contributed by atoms with E-state index in [1.807, 2.05) is 19.9 Å². The number of hydrogen-bond donors (Lipinski definition) is 1. The van der Waals surface area contributed by atoms with Crippen LogP contribution in [-0.4, -0.2) is 42.7 Å². The van der Waals surface area contributed by atoms with Gasteiger partial charge in [-0.1, -0.05) is 0 Å². The molecular formula is C10H16F3N3O. The maximum atomic E-state index is 11.8. The number of halogens is 3. The summed E-state index contributed by atoms with van der Waals surface area (Å²) >= 11 is 0. The van der Waals surface area contributed by atoms with Crippen LogP contribution in [0, 0.1) is 11.3 Å². The molecule has 0 aromatic carbocycles. The van der Waals surface area contributed by atoms with Crippen LogP contribution in [0.1, 0.15) is 20.3 Å². The lowest BCUT2D eigenvalue weighted by molar-refractivity contribution is -0.139. The van der Waals surface area contributed by atoms with Gasteiger partial charge in [-0.25, -0.2) is 0 Å². The molecular weight excluding hydrogens is 235 g/mol. The Morgan fingerprint density at radius 1 is 1.47 bits per heavy atom. The molecule has 0 spiro atoms. The van der Waals surface area contributed by atoms with Gasteiger partial charge < -0.3 is 5.32 Å². The maximum Gasteiger partial charge on any atom is 0.405 e. The van der Waals surface area contributed by atoms with Gasteiger partial charge in [0.25, 0.3) is 0 Å². The minimum absolute atomic E-state index is 0.0000123. The Morgan fingerprint density at radius 3 is 2.47 bits per heavy atom. The Kier molecular flexibility index (Phi) is 6.58. The van der Waals surface area contributed by atoms with E-state index in [9.17, 15) is 18.0 Å². The Hall–Kier alpha value is -1.29. The number of nitriles is 1. The molecule has 0 aromatic rings. The van der Waals surface area contributed by atoms with Gasteiger partial charge in [0, 0.05) is 19.0 Å². The third-order valence-electron chi connectivity index (χ3n) is 2.07. The lowest BCUT2D eigenvalue weighted by Gasteiger charge is -2.24. The molecule has 0 aromatic heterocycles. The van der Waals surface area contributed by atoms with Crippen molar-refractivity contribution in [3.63, 3.8) is 0 Å². The van der Waals surface area contributed by atoms with Crippen LogP contribution < -0.4 is 5.32 Å². The largest absolute Gasteiger partial charge is 0.405 e. The van der Waals surface area contributed by atoms with E-state index in [1.54, 1.807) is 10.2 Å². The van der Waals surface area contributed by atoms with Crippen LogP contribution in [0.25, 0.3) is 0 Å². The third-order valence-corrected chi connectivity index (χ3v) is 2.07. The van der Waals surface area contributed by atoms with Crippen molar-refractivity contribution in [2.24, 2.45) is 0 Å². The zero-order valence-electron chi connectivity index (χ0n) is 9.84. The van der Waals surface area contributed by atoms with Crippen LogP contribution in [-0.2, 0) is 4.79 Å². The molecule has 0 heterocycles. The first-order valence-electron chi connectivity index (χ1n) is 5.20. The first-order valence-corrected chi connectivity index (χ1v) is 5.20. The molecule has 0 fully saturated rings. The average molecular weight is 251 g/mol. The van der Waals surface area contributed by atoms with Gasteiger partial charge in [0.05, 0.1) is 12.6 Å². The zero-order chi connectivity index (χ0) is 13.5. The first-order chi connectivity index (χ1) is 7.76. The number of amides is 1. The summed E-state index contributed by atoms with van der Waals surface area (Å²) in [5.74, 6) is -0.686. The molecule has 0 radical (unpaired) electrons. The van der Waals surface area contributed by atoms with Crippen molar-refractivity contribution in [2.45, 2.75) is 32.5 Å². The summed E-state index contributed by atoms with van der Waals surface area (Å²) in [5.41, 5.74) is 0. The molecule has 0 atom stereocenters. The smallest absolute Gasteiger partial charge is 0.346 e. The summed E-state index contributed by atoms with van der Waals surface area (Å²) in [6.45, 7) is 2.54. The highest BCUT2D eigenvalue weighted by molar-refractivity contribution is 5.78. The van der Waals surface area contributed by atoms with Gasteiger partial charge >= 0.3 is 6.18 Å². The van der Waals surface area contributed by atoms with Crippen molar-refractivity contribution in [1.29, 1.82) is 5.26 Å². The van der Waals surface area contributed by atoms with Crippen LogP contribution in [0.3, 0.4) is 0 Å². The van der Waals surface area contributed by atoms with E-state index in [0.717, 1.165) is 0 Å². The van der Waals surface area contributed by atoms with Gasteiger partial charge in [0.2, 0.25) is 5.91 Å². The monoisotopic (exact) mass is 251 g/mol. The highest BCUT2D eigenvalue weighted by atomic mass is 19.4. The quantitative estimate of drug-likeness (QED) is 0.774. The van der Waals surface area contributed by atoms with Crippen LogP contribution in [0.2, 0.25) is 0 Å². The number of nitrogens with zero attached hydrogens (tertiary/aromatic N) is 2. The SMILES string of the molecule is CC(C)N(CCC#N)CC(=O)NCC(F)(F)F. The fourth-order valence-electron chi connectivity index (χ4n) is 1.15. The molecule has 1 amide bonds. The fraction of sp³-hybridized carbons (Fsp3) is 0.800. The summed E-state index contributed by atoms with van der Waals surface area (Å²) < 4.78 is 35.5. The van der Waals surface area contributed by atoms with Gasteiger partial charge in [-0.3, -0.25) is 9.69 Å². The predicted molar refractivity (Wildman–Crippen MR) is 56.0 cm³/mol. The van der Waals surface area contributed by atoms with Crippen molar-refractivity contribution in [1.82, 2.24) is 10.2 Å². The van der Waals surface area contributed by atoms with Gasteiger partial charge in [0.1, 0.15) is 6.54 Å². The number of hydrogen-bond acceptors (Lipinski definition) is 3. The van der Waals surface area contributed by atoms with E-state index in [2.05, 4.69) is 0 Å². The molecule has 0 aliphatic heterocycles. The number of rotatable bonds is 6. The maximum absolute atomic E-state index is 11.8. The second-order valence-electron chi connectivity index (χ2n) is 3.86. The van der Waals surface area contributed by atoms with E-state index >= 15 is 0 Å². The van der Waals surface area contributed by atoms with Gasteiger partial charge in [-0.05, 0) is 13.8 Å². The molecule has 0 rings (SSSR count). The molecule has 98 valence electrons. The highest BCUT2D eigenvalue weighted by Gasteiger charge is 2.28. The van der Waals surface area contributed by atoms with Gasteiger partial charge in [-0.2, -0.15) is 18.4 Å². The van der Waals surface area contributed by atoms with Crippen molar-refractivity contribution in [3.8, 4) is 6.07 Å². The topological polar surface area (TPSA) is 56.1 Å².